The lowest BCUT2D eigenvalue weighted by atomic mass is 10.2. The number of hydrogen-bond acceptors (Lipinski definition) is 0. The zero-order valence-corrected chi connectivity index (χ0v) is 11.1. The van der Waals surface area contributed by atoms with Crippen LogP contribution in [-0.4, -0.2) is 5.33 Å². The molecule has 0 heterocycles. The third-order valence-corrected chi connectivity index (χ3v) is 2.45. The van der Waals surface area contributed by atoms with Crippen LogP contribution in [0.2, 0.25) is 0 Å². The van der Waals surface area contributed by atoms with E-state index in [4.69, 9.17) is 0 Å². The summed E-state index contributed by atoms with van der Waals surface area (Å²) in [5.74, 6) is -0.875. The van der Waals surface area contributed by atoms with Crippen molar-refractivity contribution in [2.45, 2.75) is 32.4 Å². The molecule has 0 radical (unpaired) electrons. The van der Waals surface area contributed by atoms with Crippen molar-refractivity contribution in [3.63, 3.8) is 0 Å². The summed E-state index contributed by atoms with van der Waals surface area (Å²) >= 11 is 3.35. The van der Waals surface area contributed by atoms with Crippen LogP contribution in [0.3, 0.4) is 0 Å². The van der Waals surface area contributed by atoms with Crippen LogP contribution in [0.4, 0.5) is 17.6 Å². The maximum Gasteiger partial charge on any atom is 0.416 e. The van der Waals surface area contributed by atoms with E-state index < -0.39 is 17.6 Å². The molecule has 0 saturated heterocycles. The predicted molar refractivity (Wildman–Crippen MR) is 64.7 cm³/mol. The average molecular weight is 315 g/mol. The van der Waals surface area contributed by atoms with Crippen molar-refractivity contribution in [2.75, 3.05) is 5.33 Å². The summed E-state index contributed by atoms with van der Waals surface area (Å²) in [5, 5.41) is 1.17. The van der Waals surface area contributed by atoms with Gasteiger partial charge in [-0.05, 0) is 24.6 Å². The molecule has 0 N–H and O–H groups in total. The zero-order chi connectivity index (χ0) is 13.3. The first kappa shape index (κ1) is 16.4. The Morgan fingerprint density at radius 2 is 1.82 bits per heavy atom. The average Bonchev–Trinajstić information content (AvgIpc) is 2.26. The fraction of sp³-hybridized carbons (Fsp3) is 0.500. The Morgan fingerprint density at radius 1 is 1.18 bits per heavy atom. The van der Waals surface area contributed by atoms with Gasteiger partial charge in [0.15, 0.2) is 0 Å². The van der Waals surface area contributed by atoms with Gasteiger partial charge in [0.2, 0.25) is 0 Å². The van der Waals surface area contributed by atoms with Gasteiger partial charge in [-0.1, -0.05) is 41.8 Å². The summed E-state index contributed by atoms with van der Waals surface area (Å²) in [5.41, 5.74) is -0.961. The summed E-state index contributed by atoms with van der Waals surface area (Å²) in [6.07, 6.45) is -0.435. The lowest BCUT2D eigenvalue weighted by Crippen LogP contribution is -2.04. The molecule has 17 heavy (non-hydrogen) atoms. The first-order valence-electron chi connectivity index (χ1n) is 5.30. The summed E-state index contributed by atoms with van der Waals surface area (Å²) in [6.45, 7) is 2.21. The topological polar surface area (TPSA) is 0 Å². The van der Waals surface area contributed by atoms with Crippen LogP contribution in [0.1, 0.15) is 31.7 Å². The molecule has 0 nitrogen and oxygen atoms in total. The molecule has 0 aliphatic carbocycles. The Labute approximate surface area is 107 Å². The van der Waals surface area contributed by atoms with Crippen molar-refractivity contribution in [2.24, 2.45) is 0 Å². The first-order chi connectivity index (χ1) is 7.91. The van der Waals surface area contributed by atoms with Gasteiger partial charge in [-0.2, -0.15) is 13.2 Å². The number of halogens is 5. The second kappa shape index (κ2) is 8.50. The molecule has 1 aromatic carbocycles. The molecule has 98 valence electrons. The highest BCUT2D eigenvalue weighted by molar-refractivity contribution is 9.09. The van der Waals surface area contributed by atoms with Crippen LogP contribution in [0.15, 0.2) is 24.3 Å². The molecule has 0 fully saturated rings. The Kier molecular flexibility index (Phi) is 8.21. The first-order valence-corrected chi connectivity index (χ1v) is 6.42. The molecular weight excluding hydrogens is 300 g/mol. The molecule has 1 aromatic rings. The molecule has 1 rings (SSSR count). The highest BCUT2D eigenvalue weighted by Crippen LogP contribution is 2.29. The molecule has 0 aliphatic rings. The fourth-order valence-corrected chi connectivity index (χ4v) is 1.41. The molecule has 0 amide bonds. The maximum atomic E-state index is 12.2. The Morgan fingerprint density at radius 3 is 2.12 bits per heavy atom. The van der Waals surface area contributed by atoms with Crippen molar-refractivity contribution in [3.05, 3.63) is 35.6 Å². The Bertz CT molecular complexity index is 306. The van der Waals surface area contributed by atoms with Crippen molar-refractivity contribution in [1.82, 2.24) is 0 Å². The van der Waals surface area contributed by atoms with E-state index in [9.17, 15) is 17.6 Å². The van der Waals surface area contributed by atoms with Crippen LogP contribution in [0, 0.1) is 5.82 Å². The number of rotatable bonds is 3. The number of unbranched alkanes of at least 4 members (excludes halogenated alkanes) is 2. The quantitative estimate of drug-likeness (QED) is 0.397. The third-order valence-electron chi connectivity index (χ3n) is 1.89. The van der Waals surface area contributed by atoms with Crippen LogP contribution in [-0.2, 0) is 6.18 Å². The predicted octanol–water partition coefficient (Wildman–Crippen LogP) is 5.42. The number of benzene rings is 1. The number of alkyl halides is 4. The summed E-state index contributed by atoms with van der Waals surface area (Å²) in [6, 6.07) is 3.27. The van der Waals surface area contributed by atoms with Crippen LogP contribution in [0.25, 0.3) is 0 Å². The van der Waals surface area contributed by atoms with Gasteiger partial charge < -0.3 is 0 Å². The van der Waals surface area contributed by atoms with E-state index in [-0.39, 0.29) is 0 Å². The molecule has 0 bridgehead atoms. The Balaban J connectivity index is 0.000000366. The lowest BCUT2D eigenvalue weighted by molar-refractivity contribution is -0.137. The minimum Gasteiger partial charge on any atom is -0.207 e. The molecule has 5 heteroatoms. The van der Waals surface area contributed by atoms with E-state index in [2.05, 4.69) is 22.9 Å². The largest absolute Gasteiger partial charge is 0.416 e. The highest BCUT2D eigenvalue weighted by atomic mass is 79.9. The van der Waals surface area contributed by atoms with Crippen LogP contribution in [0.5, 0.6) is 0 Å². The smallest absolute Gasteiger partial charge is 0.207 e. The van der Waals surface area contributed by atoms with E-state index in [1.54, 1.807) is 0 Å². The molecule has 0 spiro atoms. The standard InChI is InChI=1S/C7H4F4.C5H11Br/c8-6-3-1-2-5(4-6)7(9,10)11;1-2-3-4-5-6/h1-4H;2-5H2,1H3. The monoisotopic (exact) mass is 314 g/mol. The van der Waals surface area contributed by atoms with E-state index in [0.717, 1.165) is 18.2 Å². The SMILES string of the molecule is CCCCCBr.Fc1cccc(C(F)(F)F)c1. The zero-order valence-electron chi connectivity index (χ0n) is 9.53. The van der Waals surface area contributed by atoms with Gasteiger partial charge in [-0.25, -0.2) is 4.39 Å². The fourth-order valence-electron chi connectivity index (χ4n) is 1.01. The van der Waals surface area contributed by atoms with E-state index in [1.807, 2.05) is 0 Å². The molecule has 0 unspecified atom stereocenters. The van der Waals surface area contributed by atoms with Crippen molar-refractivity contribution >= 4 is 15.9 Å². The molecule has 0 atom stereocenters. The normalized spacial score (nSPS) is 10.7. The summed E-state index contributed by atoms with van der Waals surface area (Å²) in [7, 11) is 0. The molecular formula is C12H15BrF4. The second-order valence-electron chi connectivity index (χ2n) is 3.40. The lowest BCUT2D eigenvalue weighted by Gasteiger charge is -2.04. The third kappa shape index (κ3) is 8.18. The van der Waals surface area contributed by atoms with Crippen LogP contribution >= 0.6 is 15.9 Å². The van der Waals surface area contributed by atoms with Gasteiger partial charge in [0.1, 0.15) is 5.82 Å². The van der Waals surface area contributed by atoms with Gasteiger partial charge in [0.05, 0.1) is 5.56 Å². The van der Waals surface area contributed by atoms with Crippen molar-refractivity contribution in [1.29, 1.82) is 0 Å². The summed E-state index contributed by atoms with van der Waals surface area (Å²) in [4.78, 5) is 0. The van der Waals surface area contributed by atoms with Gasteiger partial charge >= 0.3 is 6.18 Å². The minimum atomic E-state index is -4.46. The van der Waals surface area contributed by atoms with Gasteiger partial charge in [-0.15, -0.1) is 0 Å². The molecule has 0 saturated carbocycles. The van der Waals surface area contributed by atoms with Gasteiger partial charge in [0.25, 0.3) is 0 Å². The van der Waals surface area contributed by atoms with E-state index in [0.29, 0.717) is 6.07 Å². The molecule has 0 aromatic heterocycles. The van der Waals surface area contributed by atoms with E-state index in [1.165, 1.54) is 24.6 Å². The Hall–Kier alpha value is -0.580. The van der Waals surface area contributed by atoms with Crippen molar-refractivity contribution in [3.8, 4) is 0 Å². The maximum absolute atomic E-state index is 12.2. The molecule has 0 aliphatic heterocycles. The number of hydrogen-bond donors (Lipinski definition) is 0. The second-order valence-corrected chi connectivity index (χ2v) is 4.20. The van der Waals surface area contributed by atoms with Gasteiger partial charge in [0, 0.05) is 5.33 Å². The summed E-state index contributed by atoms with van der Waals surface area (Å²) < 4.78 is 47.6. The van der Waals surface area contributed by atoms with E-state index >= 15 is 0 Å². The van der Waals surface area contributed by atoms with Gasteiger partial charge in [-0.3, -0.25) is 0 Å². The highest BCUT2D eigenvalue weighted by Gasteiger charge is 2.30. The minimum absolute atomic E-state index is 0.458. The van der Waals surface area contributed by atoms with Crippen molar-refractivity contribution < 1.29 is 17.6 Å². The van der Waals surface area contributed by atoms with Crippen LogP contribution < -0.4 is 0 Å².